The van der Waals surface area contributed by atoms with E-state index in [1.807, 2.05) is 6.07 Å². The zero-order valence-corrected chi connectivity index (χ0v) is 12.3. The molecule has 112 valence electrons. The maximum Gasteiger partial charge on any atom is 0.243 e. The van der Waals surface area contributed by atoms with Crippen molar-refractivity contribution in [3.8, 4) is 6.07 Å². The number of carbonyl (C=O) groups excluding carboxylic acids is 1. The number of hydrogen-bond acceptors (Lipinski definition) is 5. The molecular formula is C13H16N4O3S. The van der Waals surface area contributed by atoms with E-state index in [9.17, 15) is 13.2 Å². The Labute approximate surface area is 123 Å². The molecule has 21 heavy (non-hydrogen) atoms. The van der Waals surface area contributed by atoms with Crippen LogP contribution in [0.5, 0.6) is 0 Å². The number of amides is 1. The fourth-order valence-electron chi connectivity index (χ4n) is 2.34. The molecule has 0 spiro atoms. The molecule has 0 saturated carbocycles. The van der Waals surface area contributed by atoms with Gasteiger partial charge >= 0.3 is 0 Å². The molecule has 0 unspecified atom stereocenters. The molecule has 8 heteroatoms. The van der Waals surface area contributed by atoms with E-state index in [4.69, 9.17) is 11.0 Å². The fraction of sp³-hybridized carbons (Fsp3) is 0.385. The summed E-state index contributed by atoms with van der Waals surface area (Å²) >= 11 is 0. The van der Waals surface area contributed by atoms with Crippen LogP contribution in [0.25, 0.3) is 0 Å². The van der Waals surface area contributed by atoms with Gasteiger partial charge < -0.3 is 11.1 Å². The zero-order chi connectivity index (χ0) is 15.6. The molecule has 0 radical (unpaired) electrons. The molecule has 1 amide bonds. The summed E-state index contributed by atoms with van der Waals surface area (Å²) in [5.74, 6) is -0.375. The topological polar surface area (TPSA) is 116 Å². The van der Waals surface area contributed by atoms with Gasteiger partial charge in [0.05, 0.1) is 16.5 Å². The smallest absolute Gasteiger partial charge is 0.243 e. The third-order valence-corrected chi connectivity index (χ3v) is 5.32. The quantitative estimate of drug-likeness (QED) is 0.773. The molecule has 7 nitrogen and oxygen atoms in total. The Morgan fingerprint density at radius 2 is 2.05 bits per heavy atom. The molecular weight excluding hydrogens is 292 g/mol. The summed E-state index contributed by atoms with van der Waals surface area (Å²) < 4.78 is 26.4. The van der Waals surface area contributed by atoms with Gasteiger partial charge in [-0.2, -0.15) is 9.57 Å². The number of likely N-dealkylation sites (N-methyl/N-ethyl adjacent to an activating group) is 1. The predicted octanol–water partition coefficient (Wildman–Crippen LogP) is -0.605. The van der Waals surface area contributed by atoms with Crippen molar-refractivity contribution in [2.75, 3.05) is 13.6 Å². The van der Waals surface area contributed by atoms with Gasteiger partial charge in [0.25, 0.3) is 0 Å². The molecule has 2 rings (SSSR count). The Morgan fingerprint density at radius 3 is 2.57 bits per heavy atom. The standard InChI is InChI=1S/C13H16N4O3S/c1-16-13(18)12-6-10(15)8-17(12)21(19,20)11-4-2-9(7-14)3-5-11/h2-5,10,12H,6,8,15H2,1H3,(H,16,18)/t10-,12-/m0/s1. The highest BCUT2D eigenvalue weighted by atomic mass is 32.2. The van der Waals surface area contributed by atoms with Crippen molar-refractivity contribution in [2.45, 2.75) is 23.4 Å². The Kier molecular flexibility index (Phi) is 4.27. The lowest BCUT2D eigenvalue weighted by Crippen LogP contribution is -2.44. The lowest BCUT2D eigenvalue weighted by molar-refractivity contribution is -0.123. The van der Waals surface area contributed by atoms with Gasteiger partial charge in [-0.25, -0.2) is 8.42 Å². The third-order valence-electron chi connectivity index (χ3n) is 3.43. The average Bonchev–Trinajstić information content (AvgIpc) is 2.89. The highest BCUT2D eigenvalue weighted by Gasteiger charge is 2.42. The number of hydrogen-bond donors (Lipinski definition) is 2. The Bertz CT molecular complexity index is 678. The van der Waals surface area contributed by atoms with Gasteiger partial charge in [-0.1, -0.05) is 0 Å². The van der Waals surface area contributed by atoms with Crippen LogP contribution in [0.1, 0.15) is 12.0 Å². The SMILES string of the molecule is CNC(=O)[C@@H]1C[C@H](N)CN1S(=O)(=O)c1ccc(C#N)cc1. The highest BCUT2D eigenvalue weighted by molar-refractivity contribution is 7.89. The molecule has 1 aromatic rings. The Morgan fingerprint density at radius 1 is 1.43 bits per heavy atom. The van der Waals surface area contributed by atoms with Crippen molar-refractivity contribution in [3.63, 3.8) is 0 Å². The lowest BCUT2D eigenvalue weighted by Gasteiger charge is -2.22. The van der Waals surface area contributed by atoms with Gasteiger partial charge in [-0.05, 0) is 30.7 Å². The largest absolute Gasteiger partial charge is 0.358 e. The molecule has 1 aliphatic rings. The molecule has 1 heterocycles. The number of nitrogens with one attached hydrogen (secondary N) is 1. The van der Waals surface area contributed by atoms with E-state index >= 15 is 0 Å². The maximum absolute atomic E-state index is 12.6. The molecule has 1 saturated heterocycles. The van der Waals surface area contributed by atoms with E-state index in [0.29, 0.717) is 5.56 Å². The first kappa shape index (κ1) is 15.4. The number of rotatable bonds is 3. The summed E-state index contributed by atoms with van der Waals surface area (Å²) in [5, 5.41) is 11.2. The summed E-state index contributed by atoms with van der Waals surface area (Å²) in [6.45, 7) is 0.0976. The zero-order valence-electron chi connectivity index (χ0n) is 11.5. The number of carbonyl (C=O) groups is 1. The second kappa shape index (κ2) is 5.81. The second-order valence-electron chi connectivity index (χ2n) is 4.84. The van der Waals surface area contributed by atoms with Crippen LogP contribution in [0.3, 0.4) is 0 Å². The van der Waals surface area contributed by atoms with E-state index in [1.54, 1.807) is 0 Å². The highest BCUT2D eigenvalue weighted by Crippen LogP contribution is 2.26. The minimum Gasteiger partial charge on any atom is -0.358 e. The summed E-state index contributed by atoms with van der Waals surface area (Å²) in [6, 6.07) is 6.33. The van der Waals surface area contributed by atoms with Crippen molar-refractivity contribution >= 4 is 15.9 Å². The van der Waals surface area contributed by atoms with E-state index in [0.717, 1.165) is 4.31 Å². The number of sulfonamides is 1. The molecule has 0 aromatic heterocycles. The van der Waals surface area contributed by atoms with Gasteiger partial charge in [0.15, 0.2) is 0 Å². The third kappa shape index (κ3) is 2.90. The molecule has 0 aliphatic carbocycles. The first-order chi connectivity index (χ1) is 9.90. The maximum atomic E-state index is 12.6. The summed E-state index contributed by atoms with van der Waals surface area (Å²) in [6.07, 6.45) is 0.287. The molecule has 3 N–H and O–H groups in total. The molecule has 1 aromatic carbocycles. The predicted molar refractivity (Wildman–Crippen MR) is 75.5 cm³/mol. The Hall–Kier alpha value is -1.95. The summed E-state index contributed by atoms with van der Waals surface area (Å²) in [5.41, 5.74) is 6.17. The van der Waals surface area contributed by atoms with E-state index in [1.165, 1.54) is 31.3 Å². The lowest BCUT2D eigenvalue weighted by atomic mass is 10.2. The van der Waals surface area contributed by atoms with Gasteiger partial charge in [0.1, 0.15) is 6.04 Å². The van der Waals surface area contributed by atoms with Gasteiger partial charge in [-0.3, -0.25) is 4.79 Å². The minimum atomic E-state index is -3.82. The molecule has 0 bridgehead atoms. The second-order valence-corrected chi connectivity index (χ2v) is 6.73. The van der Waals surface area contributed by atoms with Gasteiger partial charge in [0, 0.05) is 19.6 Å². The van der Waals surface area contributed by atoms with Crippen LogP contribution in [0.2, 0.25) is 0 Å². The monoisotopic (exact) mass is 308 g/mol. The van der Waals surface area contributed by atoms with Crippen LogP contribution in [0.15, 0.2) is 29.2 Å². The van der Waals surface area contributed by atoms with Crippen LogP contribution in [0, 0.1) is 11.3 Å². The first-order valence-electron chi connectivity index (χ1n) is 6.39. The average molecular weight is 308 g/mol. The number of benzene rings is 1. The summed E-state index contributed by atoms with van der Waals surface area (Å²) in [4.78, 5) is 11.9. The number of nitrogens with two attached hydrogens (primary N) is 1. The molecule has 1 aliphatic heterocycles. The number of nitrogens with zero attached hydrogens (tertiary/aromatic N) is 2. The van der Waals surface area contributed by atoms with Crippen LogP contribution >= 0.6 is 0 Å². The van der Waals surface area contributed by atoms with Gasteiger partial charge in [-0.15, -0.1) is 0 Å². The van der Waals surface area contributed by atoms with Crippen molar-refractivity contribution < 1.29 is 13.2 Å². The molecule has 1 fully saturated rings. The van der Waals surface area contributed by atoms with E-state index in [2.05, 4.69) is 5.32 Å². The van der Waals surface area contributed by atoms with Crippen LogP contribution < -0.4 is 11.1 Å². The van der Waals surface area contributed by atoms with Crippen molar-refractivity contribution in [1.29, 1.82) is 5.26 Å². The number of nitriles is 1. The van der Waals surface area contributed by atoms with Crippen LogP contribution in [-0.2, 0) is 14.8 Å². The van der Waals surface area contributed by atoms with Crippen LogP contribution in [-0.4, -0.2) is 44.3 Å². The fourth-order valence-corrected chi connectivity index (χ4v) is 4.00. The van der Waals surface area contributed by atoms with E-state index < -0.39 is 16.1 Å². The van der Waals surface area contributed by atoms with Crippen molar-refractivity contribution in [2.24, 2.45) is 5.73 Å². The first-order valence-corrected chi connectivity index (χ1v) is 7.83. The Balaban J connectivity index is 2.37. The normalized spacial score (nSPS) is 22.7. The minimum absolute atomic E-state index is 0.0458. The van der Waals surface area contributed by atoms with Crippen molar-refractivity contribution in [3.05, 3.63) is 29.8 Å². The van der Waals surface area contributed by atoms with Crippen LogP contribution in [0.4, 0.5) is 0 Å². The molecule has 2 atom stereocenters. The van der Waals surface area contributed by atoms with E-state index in [-0.39, 0.29) is 29.8 Å². The summed E-state index contributed by atoms with van der Waals surface area (Å²) in [7, 11) is -2.36. The van der Waals surface area contributed by atoms with Crippen molar-refractivity contribution in [1.82, 2.24) is 9.62 Å². The van der Waals surface area contributed by atoms with Gasteiger partial charge in [0.2, 0.25) is 15.9 Å².